The highest BCUT2D eigenvalue weighted by molar-refractivity contribution is 7.80. The van der Waals surface area contributed by atoms with Crippen molar-refractivity contribution in [1.82, 2.24) is 0 Å². The van der Waals surface area contributed by atoms with Crippen LogP contribution in [0.5, 0.6) is 0 Å². The number of nitrogens with zero attached hydrogens (tertiary/aromatic N) is 1. The van der Waals surface area contributed by atoms with Gasteiger partial charge in [-0.05, 0) is 49.0 Å². The third kappa shape index (κ3) is 2.87. The van der Waals surface area contributed by atoms with Crippen LogP contribution in [0.25, 0.3) is 0 Å². The normalized spacial score (nSPS) is 13.4. The van der Waals surface area contributed by atoms with E-state index in [0.717, 1.165) is 22.6 Å². The Balaban J connectivity index is 1.86. The topological polar surface area (TPSA) is 44.4 Å². The summed E-state index contributed by atoms with van der Waals surface area (Å²) in [4.78, 5) is 13.6. The molecule has 2 N–H and O–H groups in total. The van der Waals surface area contributed by atoms with Gasteiger partial charge in [0.2, 0.25) is 5.91 Å². The highest BCUT2D eigenvalue weighted by Crippen LogP contribution is 2.29. The molecule has 0 unspecified atom stereocenters. The van der Waals surface area contributed by atoms with E-state index in [9.17, 15) is 4.79 Å². The zero-order valence-electron chi connectivity index (χ0n) is 11.6. The minimum absolute atomic E-state index is 0.0675. The predicted molar refractivity (Wildman–Crippen MR) is 89.8 cm³/mol. The Labute approximate surface area is 128 Å². The average molecular weight is 297 g/mol. The zero-order valence-corrected chi connectivity index (χ0v) is 12.4. The van der Waals surface area contributed by atoms with E-state index >= 15 is 0 Å². The van der Waals surface area contributed by atoms with E-state index in [1.165, 1.54) is 0 Å². The molecule has 3 rings (SSSR count). The van der Waals surface area contributed by atoms with Crippen LogP contribution in [0, 0.1) is 6.92 Å². The lowest BCUT2D eigenvalue weighted by atomic mass is 10.2. The van der Waals surface area contributed by atoms with Crippen molar-refractivity contribution in [3.8, 4) is 0 Å². The third-order valence-corrected chi connectivity index (χ3v) is 3.61. The van der Waals surface area contributed by atoms with Gasteiger partial charge in [-0.25, -0.2) is 0 Å². The van der Waals surface area contributed by atoms with Gasteiger partial charge in [-0.2, -0.15) is 0 Å². The second kappa shape index (κ2) is 5.54. The molecule has 2 aromatic rings. The molecule has 4 nitrogen and oxygen atoms in total. The number of nitrogens with one attached hydrogen (secondary N) is 2. The summed E-state index contributed by atoms with van der Waals surface area (Å²) >= 11 is 5.46. The molecule has 0 saturated heterocycles. The van der Waals surface area contributed by atoms with Crippen molar-refractivity contribution in [2.24, 2.45) is 0 Å². The minimum Gasteiger partial charge on any atom is -0.332 e. The number of aryl methyl sites for hydroxylation is 1. The van der Waals surface area contributed by atoms with Crippen molar-refractivity contribution < 1.29 is 4.79 Å². The van der Waals surface area contributed by atoms with Crippen LogP contribution in [-0.4, -0.2) is 17.6 Å². The molecule has 0 atom stereocenters. The number of amides is 1. The fourth-order valence-corrected chi connectivity index (χ4v) is 2.61. The summed E-state index contributed by atoms with van der Waals surface area (Å²) in [5.41, 5.74) is 3.76. The van der Waals surface area contributed by atoms with E-state index in [4.69, 9.17) is 12.2 Å². The molecule has 21 heavy (non-hydrogen) atoms. The van der Waals surface area contributed by atoms with Crippen LogP contribution in [0.2, 0.25) is 0 Å². The maximum Gasteiger partial charge on any atom is 0.244 e. The van der Waals surface area contributed by atoms with Crippen molar-refractivity contribution in [3.05, 3.63) is 54.1 Å². The van der Waals surface area contributed by atoms with Gasteiger partial charge < -0.3 is 15.5 Å². The molecule has 0 bridgehead atoms. The number of carbonyl (C=O) groups excluding carboxylic acids is 1. The first kappa shape index (κ1) is 13.6. The van der Waals surface area contributed by atoms with E-state index in [1.54, 1.807) is 0 Å². The Kier molecular flexibility index (Phi) is 3.58. The lowest BCUT2D eigenvalue weighted by molar-refractivity contribution is -0.115. The van der Waals surface area contributed by atoms with Crippen molar-refractivity contribution in [1.29, 1.82) is 0 Å². The Morgan fingerprint density at radius 2 is 2.05 bits per heavy atom. The monoisotopic (exact) mass is 297 g/mol. The van der Waals surface area contributed by atoms with Gasteiger partial charge in [-0.1, -0.05) is 24.3 Å². The third-order valence-electron chi connectivity index (χ3n) is 3.29. The van der Waals surface area contributed by atoms with Gasteiger partial charge in [0, 0.05) is 5.69 Å². The number of thiocarbonyl (C=S) groups is 1. The van der Waals surface area contributed by atoms with Crippen molar-refractivity contribution in [2.75, 3.05) is 22.1 Å². The quantitative estimate of drug-likeness (QED) is 0.794. The molecular weight excluding hydrogens is 282 g/mol. The second-order valence-corrected chi connectivity index (χ2v) is 5.34. The fraction of sp³-hybridized carbons (Fsp3) is 0.125. The molecule has 0 aliphatic carbocycles. The van der Waals surface area contributed by atoms with Gasteiger partial charge in [-0.3, -0.25) is 4.79 Å². The Morgan fingerprint density at radius 3 is 2.86 bits per heavy atom. The number of fused-ring (bicyclic) bond motifs is 1. The van der Waals surface area contributed by atoms with E-state index in [0.29, 0.717) is 5.11 Å². The fourth-order valence-electron chi connectivity index (χ4n) is 2.33. The Hall–Kier alpha value is -2.40. The van der Waals surface area contributed by atoms with Crippen LogP contribution >= 0.6 is 12.2 Å². The summed E-state index contributed by atoms with van der Waals surface area (Å²) in [6, 6.07) is 15.6. The SMILES string of the molecule is Cc1cccc(NC(=S)N2CC(=O)Nc3ccccc32)c1. The number of hydrogen-bond acceptors (Lipinski definition) is 2. The maximum atomic E-state index is 11.8. The average Bonchev–Trinajstić information content (AvgIpc) is 2.46. The summed E-state index contributed by atoms with van der Waals surface area (Å²) in [6.45, 7) is 2.24. The highest BCUT2D eigenvalue weighted by Gasteiger charge is 2.24. The molecule has 0 radical (unpaired) electrons. The van der Waals surface area contributed by atoms with Crippen molar-refractivity contribution in [2.45, 2.75) is 6.92 Å². The van der Waals surface area contributed by atoms with Gasteiger partial charge in [-0.15, -0.1) is 0 Å². The first-order chi connectivity index (χ1) is 10.1. The lowest BCUT2D eigenvalue weighted by Gasteiger charge is -2.31. The maximum absolute atomic E-state index is 11.8. The number of anilines is 3. The molecule has 2 aromatic carbocycles. The summed E-state index contributed by atoms with van der Waals surface area (Å²) < 4.78 is 0. The smallest absolute Gasteiger partial charge is 0.244 e. The Morgan fingerprint density at radius 1 is 1.24 bits per heavy atom. The summed E-state index contributed by atoms with van der Waals surface area (Å²) in [5.74, 6) is -0.0675. The first-order valence-electron chi connectivity index (χ1n) is 6.67. The second-order valence-electron chi connectivity index (χ2n) is 4.95. The number of para-hydroxylation sites is 2. The van der Waals surface area contributed by atoms with E-state index < -0.39 is 0 Å². The number of benzene rings is 2. The van der Waals surface area contributed by atoms with Crippen molar-refractivity contribution >= 4 is 40.3 Å². The van der Waals surface area contributed by atoms with Crippen LogP contribution in [-0.2, 0) is 4.79 Å². The summed E-state index contributed by atoms with van der Waals surface area (Å²) in [7, 11) is 0. The number of rotatable bonds is 1. The molecule has 1 aliphatic rings. The number of carbonyl (C=O) groups is 1. The van der Waals surface area contributed by atoms with E-state index in [1.807, 2.05) is 60.4 Å². The largest absolute Gasteiger partial charge is 0.332 e. The van der Waals surface area contributed by atoms with E-state index in [-0.39, 0.29) is 12.5 Å². The first-order valence-corrected chi connectivity index (χ1v) is 7.08. The molecule has 5 heteroatoms. The zero-order chi connectivity index (χ0) is 14.8. The molecule has 1 aliphatic heterocycles. The summed E-state index contributed by atoms with van der Waals surface area (Å²) in [5, 5.41) is 6.56. The van der Waals surface area contributed by atoms with Crippen LogP contribution < -0.4 is 15.5 Å². The summed E-state index contributed by atoms with van der Waals surface area (Å²) in [6.07, 6.45) is 0. The molecule has 0 spiro atoms. The highest BCUT2D eigenvalue weighted by atomic mass is 32.1. The molecule has 0 saturated carbocycles. The molecule has 1 amide bonds. The van der Waals surface area contributed by atoms with Crippen LogP contribution in [0.4, 0.5) is 17.1 Å². The van der Waals surface area contributed by atoms with E-state index in [2.05, 4.69) is 10.6 Å². The molecule has 106 valence electrons. The van der Waals surface area contributed by atoms with Crippen LogP contribution in [0.1, 0.15) is 5.56 Å². The van der Waals surface area contributed by atoms with Gasteiger partial charge in [0.25, 0.3) is 0 Å². The number of hydrogen-bond donors (Lipinski definition) is 2. The Bertz CT molecular complexity index is 714. The predicted octanol–water partition coefficient (Wildman–Crippen LogP) is 3.15. The van der Waals surface area contributed by atoms with Crippen LogP contribution in [0.15, 0.2) is 48.5 Å². The molecule has 0 fully saturated rings. The van der Waals surface area contributed by atoms with Gasteiger partial charge in [0.15, 0.2) is 5.11 Å². The molecule has 0 aromatic heterocycles. The molecular formula is C16H15N3OS. The van der Waals surface area contributed by atoms with Crippen molar-refractivity contribution in [3.63, 3.8) is 0 Å². The minimum atomic E-state index is -0.0675. The standard InChI is InChI=1S/C16H15N3OS/c1-11-5-4-6-12(9-11)17-16(21)19-10-15(20)18-13-7-2-3-8-14(13)19/h2-9H,10H2,1H3,(H,17,21)(H,18,20). The van der Waals surface area contributed by atoms with Crippen LogP contribution in [0.3, 0.4) is 0 Å². The van der Waals surface area contributed by atoms with Gasteiger partial charge in [0.1, 0.15) is 6.54 Å². The lowest BCUT2D eigenvalue weighted by Crippen LogP contribution is -2.44. The molecule has 1 heterocycles. The van der Waals surface area contributed by atoms with Gasteiger partial charge in [0.05, 0.1) is 11.4 Å². The van der Waals surface area contributed by atoms with Gasteiger partial charge >= 0.3 is 0 Å².